The van der Waals surface area contributed by atoms with Gasteiger partial charge in [-0.05, 0) is 37.1 Å². The second-order valence-electron chi connectivity index (χ2n) is 4.23. The molecule has 1 aliphatic heterocycles. The van der Waals surface area contributed by atoms with Crippen LogP contribution in [0.1, 0.15) is 18.4 Å². The fraction of sp³-hybridized carbons (Fsp3) is 0.200. The largest absolute Gasteiger partial charge is 0.289 e. The second kappa shape index (κ2) is 5.36. The van der Waals surface area contributed by atoms with E-state index in [9.17, 15) is 0 Å². The molecule has 0 aliphatic carbocycles. The molecule has 3 rings (SSSR count). The predicted molar refractivity (Wildman–Crippen MR) is 75.4 cm³/mol. The minimum atomic E-state index is 0.968. The Labute approximate surface area is 111 Å². The molecule has 3 heteroatoms. The van der Waals surface area contributed by atoms with Crippen molar-refractivity contribution in [1.82, 2.24) is 4.98 Å². The molecule has 0 fully saturated rings. The first-order valence-corrected chi connectivity index (χ1v) is 6.96. The molecule has 90 valence electrons. The first-order valence-electron chi connectivity index (χ1n) is 6.14. The molecule has 0 unspecified atom stereocenters. The van der Waals surface area contributed by atoms with Gasteiger partial charge in [-0.2, -0.15) is 0 Å². The van der Waals surface area contributed by atoms with Crippen LogP contribution in [0.5, 0.6) is 0 Å². The van der Waals surface area contributed by atoms with Gasteiger partial charge in [0.25, 0.3) is 0 Å². The van der Waals surface area contributed by atoms with Gasteiger partial charge < -0.3 is 0 Å². The second-order valence-corrected chi connectivity index (χ2v) is 5.33. The molecule has 0 saturated heterocycles. The standard InChI is InChI=1S/C15H14N2S/c1-2-5-13(6-3-1)18-15-9-8-12(11-17-15)14-7-4-10-16-14/h1-3,5-6,8-9,11H,4,7,10H2. The lowest BCUT2D eigenvalue weighted by molar-refractivity contribution is 0.951. The van der Waals surface area contributed by atoms with Crippen molar-refractivity contribution in [2.24, 2.45) is 4.99 Å². The molecule has 0 bridgehead atoms. The fourth-order valence-electron chi connectivity index (χ4n) is 2.00. The Hall–Kier alpha value is -1.61. The average Bonchev–Trinajstić information content (AvgIpc) is 2.95. The van der Waals surface area contributed by atoms with Gasteiger partial charge in [0.15, 0.2) is 0 Å². The maximum atomic E-state index is 4.50. The summed E-state index contributed by atoms with van der Waals surface area (Å²) in [6.07, 6.45) is 4.21. The van der Waals surface area contributed by atoms with Gasteiger partial charge in [0.05, 0.1) is 0 Å². The van der Waals surface area contributed by atoms with Crippen LogP contribution in [0, 0.1) is 0 Å². The molecule has 0 saturated carbocycles. The Morgan fingerprint density at radius 3 is 2.56 bits per heavy atom. The summed E-state index contributed by atoms with van der Waals surface area (Å²) in [6, 6.07) is 14.5. The molecule has 2 nitrogen and oxygen atoms in total. The van der Waals surface area contributed by atoms with E-state index in [-0.39, 0.29) is 0 Å². The van der Waals surface area contributed by atoms with Crippen LogP contribution in [0.2, 0.25) is 0 Å². The molecule has 0 amide bonds. The monoisotopic (exact) mass is 254 g/mol. The first-order chi connectivity index (χ1) is 8.92. The fourth-order valence-corrected chi connectivity index (χ4v) is 2.77. The summed E-state index contributed by atoms with van der Waals surface area (Å²) in [5.74, 6) is 0. The van der Waals surface area contributed by atoms with E-state index < -0.39 is 0 Å². The van der Waals surface area contributed by atoms with Crippen LogP contribution in [-0.2, 0) is 0 Å². The van der Waals surface area contributed by atoms with Crippen LogP contribution in [0.25, 0.3) is 0 Å². The molecule has 2 heterocycles. The number of benzene rings is 1. The van der Waals surface area contributed by atoms with E-state index in [2.05, 4.69) is 34.2 Å². The summed E-state index contributed by atoms with van der Waals surface area (Å²) in [6.45, 7) is 0.968. The first kappa shape index (κ1) is 11.5. The third-order valence-electron chi connectivity index (χ3n) is 2.91. The molecular formula is C15H14N2S. The summed E-state index contributed by atoms with van der Waals surface area (Å²) >= 11 is 1.69. The van der Waals surface area contributed by atoms with Crippen molar-refractivity contribution in [2.75, 3.05) is 6.54 Å². The van der Waals surface area contributed by atoms with Crippen LogP contribution >= 0.6 is 11.8 Å². The van der Waals surface area contributed by atoms with Gasteiger partial charge in [0.1, 0.15) is 5.03 Å². The van der Waals surface area contributed by atoms with Crippen LogP contribution in [0.4, 0.5) is 0 Å². The average molecular weight is 254 g/mol. The van der Waals surface area contributed by atoms with Crippen molar-refractivity contribution < 1.29 is 0 Å². The topological polar surface area (TPSA) is 25.2 Å². The van der Waals surface area contributed by atoms with E-state index in [0.29, 0.717) is 0 Å². The minimum absolute atomic E-state index is 0.968. The van der Waals surface area contributed by atoms with E-state index in [0.717, 1.165) is 18.0 Å². The highest BCUT2D eigenvalue weighted by atomic mass is 32.2. The van der Waals surface area contributed by atoms with Crippen LogP contribution in [0.3, 0.4) is 0 Å². The molecule has 18 heavy (non-hydrogen) atoms. The lowest BCUT2D eigenvalue weighted by Gasteiger charge is -2.03. The van der Waals surface area contributed by atoms with Gasteiger partial charge >= 0.3 is 0 Å². The molecule has 1 aliphatic rings. The van der Waals surface area contributed by atoms with Gasteiger partial charge in [-0.3, -0.25) is 4.99 Å². The number of aromatic nitrogens is 1. The minimum Gasteiger partial charge on any atom is -0.289 e. The third-order valence-corrected chi connectivity index (χ3v) is 3.87. The van der Waals surface area contributed by atoms with Crippen molar-refractivity contribution in [1.29, 1.82) is 0 Å². The summed E-state index contributed by atoms with van der Waals surface area (Å²) < 4.78 is 0. The van der Waals surface area contributed by atoms with Crippen molar-refractivity contribution in [3.05, 3.63) is 54.2 Å². The van der Waals surface area contributed by atoms with Crippen LogP contribution < -0.4 is 0 Å². The molecule has 0 radical (unpaired) electrons. The Morgan fingerprint density at radius 1 is 1.00 bits per heavy atom. The maximum Gasteiger partial charge on any atom is 0.101 e. The number of rotatable bonds is 3. The highest BCUT2D eigenvalue weighted by Gasteiger charge is 2.09. The Balaban J connectivity index is 1.75. The van der Waals surface area contributed by atoms with E-state index in [4.69, 9.17) is 0 Å². The maximum absolute atomic E-state index is 4.50. The molecule has 0 spiro atoms. The zero-order valence-corrected chi connectivity index (χ0v) is 10.9. The Bertz CT molecular complexity index is 546. The number of hydrogen-bond donors (Lipinski definition) is 0. The Kier molecular flexibility index (Phi) is 3.42. The normalized spacial score (nSPS) is 14.6. The van der Waals surface area contributed by atoms with Crippen molar-refractivity contribution in [2.45, 2.75) is 22.8 Å². The van der Waals surface area contributed by atoms with E-state index in [1.54, 1.807) is 11.8 Å². The lowest BCUT2D eigenvalue weighted by Crippen LogP contribution is -1.96. The third kappa shape index (κ3) is 2.62. The van der Waals surface area contributed by atoms with Crippen molar-refractivity contribution in [3.63, 3.8) is 0 Å². The zero-order valence-electron chi connectivity index (χ0n) is 10.0. The zero-order chi connectivity index (χ0) is 12.2. The quantitative estimate of drug-likeness (QED) is 0.832. The SMILES string of the molecule is c1ccc(Sc2ccc(C3=NCCC3)cn2)cc1. The Morgan fingerprint density at radius 2 is 1.89 bits per heavy atom. The molecule has 0 N–H and O–H groups in total. The van der Waals surface area contributed by atoms with Crippen molar-refractivity contribution in [3.8, 4) is 0 Å². The summed E-state index contributed by atoms with van der Waals surface area (Å²) in [4.78, 5) is 10.2. The molecule has 1 aromatic carbocycles. The number of aliphatic imine (C=N–C) groups is 1. The van der Waals surface area contributed by atoms with Gasteiger partial charge in [-0.1, -0.05) is 30.0 Å². The summed E-state index contributed by atoms with van der Waals surface area (Å²) in [5.41, 5.74) is 2.38. The summed E-state index contributed by atoms with van der Waals surface area (Å²) in [5, 5.41) is 1.03. The number of hydrogen-bond acceptors (Lipinski definition) is 3. The summed E-state index contributed by atoms with van der Waals surface area (Å²) in [7, 11) is 0. The smallest absolute Gasteiger partial charge is 0.101 e. The molecule has 1 aromatic heterocycles. The van der Waals surface area contributed by atoms with Gasteiger partial charge in [0.2, 0.25) is 0 Å². The molecule has 2 aromatic rings. The van der Waals surface area contributed by atoms with Crippen molar-refractivity contribution >= 4 is 17.5 Å². The highest BCUT2D eigenvalue weighted by Crippen LogP contribution is 2.25. The van der Waals surface area contributed by atoms with E-state index in [1.165, 1.54) is 22.6 Å². The van der Waals surface area contributed by atoms with E-state index >= 15 is 0 Å². The highest BCUT2D eigenvalue weighted by molar-refractivity contribution is 7.99. The number of pyridine rings is 1. The van der Waals surface area contributed by atoms with Crippen LogP contribution in [0.15, 0.2) is 63.6 Å². The van der Waals surface area contributed by atoms with Gasteiger partial charge in [-0.25, -0.2) is 4.98 Å². The van der Waals surface area contributed by atoms with Crippen LogP contribution in [-0.4, -0.2) is 17.2 Å². The molecule has 0 atom stereocenters. The number of nitrogens with zero attached hydrogens (tertiary/aromatic N) is 2. The van der Waals surface area contributed by atoms with Gasteiger partial charge in [0, 0.05) is 28.9 Å². The predicted octanol–water partition coefficient (Wildman–Crippen LogP) is 3.82. The molecular weight excluding hydrogens is 240 g/mol. The lowest BCUT2D eigenvalue weighted by atomic mass is 10.1. The van der Waals surface area contributed by atoms with E-state index in [1.807, 2.05) is 24.4 Å². The van der Waals surface area contributed by atoms with Gasteiger partial charge in [-0.15, -0.1) is 0 Å².